The molecule has 9 heteroatoms. The number of halogens is 2. The summed E-state index contributed by atoms with van der Waals surface area (Å²) in [5.74, 6) is 14.5. The Morgan fingerprint density at radius 3 is 1.15 bits per heavy atom. The van der Waals surface area contributed by atoms with Gasteiger partial charge in [-0.2, -0.15) is 0 Å². The van der Waals surface area contributed by atoms with Crippen molar-refractivity contribution in [3.05, 3.63) is 139 Å². The predicted molar refractivity (Wildman–Crippen MR) is 442 cm³/mol. The fourth-order valence-electron chi connectivity index (χ4n) is 24.7. The minimum Gasteiger partial charge on any atom is 1.00 e. The molecule has 3 aromatic rings. The van der Waals surface area contributed by atoms with E-state index < -0.39 is 53.1 Å². The fourth-order valence-corrected chi connectivity index (χ4v) is 41.1. The monoisotopic (exact) mass is 1510 g/mol. The summed E-state index contributed by atoms with van der Waals surface area (Å²) >= 11 is -0.826. The number of allylic oxidation sites excluding steroid dienone is 5. The molecule has 0 bridgehead atoms. The Morgan fingerprint density at radius 2 is 0.747 bits per heavy atom. The Balaban J connectivity index is 0.000000204. The first-order valence-electron chi connectivity index (χ1n) is 40.8. The van der Waals surface area contributed by atoms with Crippen molar-refractivity contribution < 1.29 is 58.6 Å². The van der Waals surface area contributed by atoms with Crippen molar-refractivity contribution >= 4 is 66.5 Å². The number of fused-ring (bicyclic) bond motifs is 7. The zero-order chi connectivity index (χ0) is 68.1. The van der Waals surface area contributed by atoms with Gasteiger partial charge in [-0.05, 0) is 205 Å². The minimum absolute atomic E-state index is 0. The Morgan fingerprint density at radius 1 is 0.394 bits per heavy atom. The molecule has 0 aliphatic heterocycles. The average molecular weight is 1520 g/mol. The molecule has 0 N–H and O–H groups in total. The molecule has 0 nitrogen and oxygen atoms in total. The summed E-state index contributed by atoms with van der Waals surface area (Å²) in [5, 5.41) is 0. The van der Waals surface area contributed by atoms with E-state index >= 15 is 0 Å². The van der Waals surface area contributed by atoms with Gasteiger partial charge >= 0.3 is 75.6 Å². The summed E-state index contributed by atoms with van der Waals surface area (Å²) in [5.41, 5.74) is 19.0. The van der Waals surface area contributed by atoms with Gasteiger partial charge in [0, 0.05) is 0 Å². The standard InChI is InChI=1S/2C24H44Si.C24H28Si.C16H24Si.2CH3.2ClH.2Li.Zr/c3*1-5-17(2)22-16-24(21-13-9-8-12-20(21)22)25(3,4)23-15-14-18-10-6-7-11-19(18)23;1-6-12(2)15-11-16(17(3,4)5)14-10-8-7-9-13(14)15;;;;;;;/h2*17-24H,5-16H2,1-4H3;6-17,23-24H,5H2,1-4H3;7-12,16H,6H2,1-5H3;2*1H3;2*1H;;;/q;;;;2*-1;;;2*+1;+4/p-2. The van der Waals surface area contributed by atoms with Crippen LogP contribution in [0.15, 0.2) is 91.0 Å². The van der Waals surface area contributed by atoms with Crippen molar-refractivity contribution in [3.63, 3.8) is 0 Å². The molecule has 540 valence electrons. The average Bonchev–Trinajstić information content (AvgIpc) is 1.62. The van der Waals surface area contributed by atoms with Crippen LogP contribution in [0.25, 0.3) is 17.2 Å². The van der Waals surface area contributed by atoms with Crippen LogP contribution < -0.4 is 37.7 Å². The van der Waals surface area contributed by atoms with Gasteiger partial charge in [0.05, 0.1) is 32.3 Å². The molecule has 8 fully saturated rings. The molecular formula is C90H146Cl2Li2Si4Zr+2. The third-order valence-corrected chi connectivity index (χ3v) is 47.6. The van der Waals surface area contributed by atoms with Gasteiger partial charge in [-0.3, -0.25) is 0 Å². The molecule has 3 aromatic carbocycles. The van der Waals surface area contributed by atoms with E-state index in [1.807, 2.05) is 0 Å². The molecule has 21 atom stereocenters. The molecule has 0 spiro atoms. The minimum atomic E-state index is -1.60. The van der Waals surface area contributed by atoms with E-state index in [-0.39, 0.29) is 52.6 Å². The van der Waals surface area contributed by atoms with Gasteiger partial charge in [-0.1, -0.05) is 340 Å². The molecule has 0 amide bonds. The maximum Gasteiger partial charge on any atom is 1.00 e. The number of rotatable bonds is 15. The number of hydrogen-bond acceptors (Lipinski definition) is 0. The largest absolute Gasteiger partial charge is 1.00 e. The normalized spacial score (nSPS) is 32.5. The Hall–Kier alpha value is 0.405. The Kier molecular flexibility index (Phi) is 34.9. The second-order valence-electron chi connectivity index (χ2n) is 37.2. The van der Waals surface area contributed by atoms with Crippen molar-refractivity contribution in [3.8, 4) is 0 Å². The molecule has 21 unspecified atom stereocenters. The van der Waals surface area contributed by atoms with Crippen LogP contribution in [0.2, 0.25) is 81.1 Å². The van der Waals surface area contributed by atoms with E-state index in [1.165, 1.54) is 77.4 Å². The smallest absolute Gasteiger partial charge is 1.00 e. The predicted octanol–water partition coefficient (Wildman–Crippen LogP) is 24.0. The topological polar surface area (TPSA) is 0 Å². The van der Waals surface area contributed by atoms with Crippen LogP contribution in [0.5, 0.6) is 0 Å². The van der Waals surface area contributed by atoms with Crippen molar-refractivity contribution in [2.24, 2.45) is 82.9 Å². The first-order valence-corrected chi connectivity index (χ1v) is 60.2. The van der Waals surface area contributed by atoms with Crippen LogP contribution in [-0.4, -0.2) is 32.3 Å². The summed E-state index contributed by atoms with van der Waals surface area (Å²) in [7, 11) is 4.80. The molecule has 0 radical (unpaired) electrons. The maximum absolute atomic E-state index is 4.93. The maximum atomic E-state index is 4.93. The molecule has 0 aromatic heterocycles. The fraction of sp³-hybridized carbons (Fsp3) is 0.711. The Bertz CT molecular complexity index is 2950. The summed E-state index contributed by atoms with van der Waals surface area (Å²) in [4.78, 5) is 0. The third kappa shape index (κ3) is 19.2. The first-order chi connectivity index (χ1) is 45.5. The first kappa shape index (κ1) is 88.3. The number of benzene rings is 3. The Labute approximate surface area is 660 Å². The summed E-state index contributed by atoms with van der Waals surface area (Å²) in [6, 6.07) is 27.1. The summed E-state index contributed by atoms with van der Waals surface area (Å²) in [6.45, 7) is 43.4. The van der Waals surface area contributed by atoms with E-state index in [4.69, 9.17) is 17.0 Å². The molecule has 0 saturated heterocycles. The van der Waals surface area contributed by atoms with E-state index in [9.17, 15) is 0 Å². The van der Waals surface area contributed by atoms with Crippen LogP contribution >= 0.6 is 17.0 Å². The van der Waals surface area contributed by atoms with E-state index in [1.54, 1.807) is 156 Å². The van der Waals surface area contributed by atoms with Gasteiger partial charge in [0.15, 0.2) is 0 Å². The molecule has 11 aliphatic rings. The van der Waals surface area contributed by atoms with Crippen molar-refractivity contribution in [1.29, 1.82) is 0 Å². The molecule has 99 heavy (non-hydrogen) atoms. The van der Waals surface area contributed by atoms with Crippen LogP contribution in [0.1, 0.15) is 272 Å². The van der Waals surface area contributed by atoms with E-state index in [0.29, 0.717) is 28.5 Å². The molecule has 11 aliphatic carbocycles. The number of hydrogen-bond donors (Lipinski definition) is 0. The van der Waals surface area contributed by atoms with Crippen LogP contribution in [-0.2, 0) is 20.8 Å². The van der Waals surface area contributed by atoms with E-state index in [2.05, 4.69) is 211 Å². The van der Waals surface area contributed by atoms with Gasteiger partial charge in [0.25, 0.3) is 0 Å². The van der Waals surface area contributed by atoms with Crippen LogP contribution in [0.3, 0.4) is 0 Å². The van der Waals surface area contributed by atoms with Gasteiger partial charge in [-0.15, -0.1) is 0 Å². The molecule has 14 rings (SSSR count). The quantitative estimate of drug-likeness (QED) is 0.105. The zero-order valence-electron chi connectivity index (χ0n) is 68.0. The second-order valence-corrected chi connectivity index (χ2v) is 61.4. The van der Waals surface area contributed by atoms with Crippen molar-refractivity contribution in [1.82, 2.24) is 0 Å². The van der Waals surface area contributed by atoms with Gasteiger partial charge < -0.3 is 14.9 Å². The van der Waals surface area contributed by atoms with Crippen molar-refractivity contribution in [2.45, 2.75) is 320 Å². The molecule has 8 saturated carbocycles. The van der Waals surface area contributed by atoms with Gasteiger partial charge in [-0.25, -0.2) is 0 Å². The van der Waals surface area contributed by atoms with E-state index in [0.717, 1.165) is 71.0 Å². The zero-order valence-corrected chi connectivity index (χ0v) is 76.0. The van der Waals surface area contributed by atoms with Gasteiger partial charge in [0.1, 0.15) is 0 Å². The SMILES string of the molecule is CCC(C)C1=CC([Si](C)(C)C)c2ccccc21.CCC(C)C1=CC([Si](C)(C)C2C=Cc3ccccc32)c2ccccc21.CCC(C)C1CC([Si](C)(C)C2CCC3CCCCC32)C2CCCCC12.CCC(C)C1CC([Si](C)(C)C2CCC3CCCCC32)C2CCCCC12.[CH3-].[CH3-].[Cl][Zr+2][Cl].[Li+].[Li+]. The second kappa shape index (κ2) is 39.2. The van der Waals surface area contributed by atoms with Crippen LogP contribution in [0.4, 0.5) is 0 Å². The molecular weight excluding hydrogens is 1370 g/mol. The van der Waals surface area contributed by atoms with Gasteiger partial charge in [0.2, 0.25) is 0 Å². The summed E-state index contributed by atoms with van der Waals surface area (Å²) < 4.78 is 0. The third-order valence-electron chi connectivity index (χ3n) is 30.7. The summed E-state index contributed by atoms with van der Waals surface area (Å²) in [6.07, 6.45) is 50.1. The van der Waals surface area contributed by atoms with Crippen molar-refractivity contribution in [2.75, 3.05) is 0 Å². The van der Waals surface area contributed by atoms with Crippen LogP contribution in [0, 0.1) is 97.7 Å². The molecule has 0 heterocycles.